The lowest BCUT2D eigenvalue weighted by Gasteiger charge is -2.03. The number of rotatable bonds is 17. The molecule has 0 aromatic carbocycles. The Hall–Kier alpha value is -0.0400. The number of unbranched alkanes of at least 4 members (excludes halogenated alkanes) is 16. The van der Waals surface area contributed by atoms with Crippen molar-refractivity contribution in [2.75, 3.05) is 6.54 Å². The molecule has 0 atom stereocenters. The van der Waals surface area contributed by atoms with Gasteiger partial charge in [-0.2, -0.15) is 0 Å². The van der Waals surface area contributed by atoms with Crippen LogP contribution in [0, 0.1) is 0 Å². The van der Waals surface area contributed by atoms with Crippen LogP contribution in [0.1, 0.15) is 116 Å². The van der Waals surface area contributed by atoms with E-state index >= 15 is 0 Å². The first-order chi connectivity index (χ1) is 9.91. The molecule has 0 saturated carbocycles. The molecule has 0 fully saturated rings. The summed E-state index contributed by atoms with van der Waals surface area (Å²) < 4.78 is 0. The highest BCUT2D eigenvalue weighted by Crippen LogP contribution is 2.13. The zero-order chi connectivity index (χ0) is 14.7. The SMILES string of the molecule is CCCCCCCCCCCCCCCCCCC[N]. The summed E-state index contributed by atoms with van der Waals surface area (Å²) >= 11 is 0. The second-order valence-electron chi connectivity index (χ2n) is 6.38. The van der Waals surface area contributed by atoms with Gasteiger partial charge in [0, 0.05) is 6.54 Å². The van der Waals surface area contributed by atoms with Crippen LogP contribution in [-0.4, -0.2) is 6.54 Å². The monoisotopic (exact) mass is 281 g/mol. The van der Waals surface area contributed by atoms with Gasteiger partial charge in [0.05, 0.1) is 0 Å². The van der Waals surface area contributed by atoms with Crippen LogP contribution in [0.25, 0.3) is 0 Å². The summed E-state index contributed by atoms with van der Waals surface area (Å²) in [6, 6.07) is 0. The fourth-order valence-corrected chi connectivity index (χ4v) is 2.84. The van der Waals surface area contributed by atoms with Gasteiger partial charge in [-0.25, -0.2) is 0 Å². The molecule has 0 saturated heterocycles. The Morgan fingerprint density at radius 2 is 0.650 bits per heavy atom. The lowest BCUT2D eigenvalue weighted by Crippen LogP contribution is -1.86. The molecule has 0 aromatic heterocycles. The third-order valence-electron chi connectivity index (χ3n) is 4.26. The number of hydrogen-bond acceptors (Lipinski definition) is 0. The van der Waals surface area contributed by atoms with Crippen molar-refractivity contribution in [1.29, 1.82) is 0 Å². The summed E-state index contributed by atoms with van der Waals surface area (Å²) in [5.74, 6) is 0. The summed E-state index contributed by atoms with van der Waals surface area (Å²) in [6.07, 6.45) is 23.7. The van der Waals surface area contributed by atoms with Gasteiger partial charge in [0.15, 0.2) is 0 Å². The second kappa shape index (κ2) is 19.0. The molecule has 0 rings (SSSR count). The van der Waals surface area contributed by atoms with E-state index in [-0.39, 0.29) is 0 Å². The highest BCUT2D eigenvalue weighted by molar-refractivity contribution is 4.50. The summed E-state index contributed by atoms with van der Waals surface area (Å²) in [4.78, 5) is 0. The average molecular weight is 282 g/mol. The molecule has 20 heavy (non-hydrogen) atoms. The molecule has 0 heterocycles. The van der Waals surface area contributed by atoms with Gasteiger partial charge in [-0.1, -0.05) is 110 Å². The van der Waals surface area contributed by atoms with Crippen molar-refractivity contribution >= 4 is 0 Å². The third-order valence-corrected chi connectivity index (χ3v) is 4.26. The number of nitrogens with zero attached hydrogens (tertiary/aromatic N) is 1. The molecule has 0 amide bonds. The van der Waals surface area contributed by atoms with Crippen LogP contribution in [0.4, 0.5) is 0 Å². The third kappa shape index (κ3) is 18.0. The maximum Gasteiger partial charge on any atom is 0.0321 e. The molecule has 0 unspecified atom stereocenters. The first-order valence-corrected chi connectivity index (χ1v) is 9.52. The fourth-order valence-electron chi connectivity index (χ4n) is 2.84. The molecule has 0 bridgehead atoms. The minimum absolute atomic E-state index is 0.374. The molecule has 0 N–H and O–H groups in total. The molecular weight excluding hydrogens is 242 g/mol. The van der Waals surface area contributed by atoms with E-state index in [0.717, 1.165) is 6.42 Å². The Kier molecular flexibility index (Phi) is 18.9. The Balaban J connectivity index is 2.89. The van der Waals surface area contributed by atoms with Crippen LogP contribution in [0.2, 0.25) is 0 Å². The van der Waals surface area contributed by atoms with Crippen molar-refractivity contribution < 1.29 is 0 Å². The Morgan fingerprint density at radius 1 is 0.400 bits per heavy atom. The predicted molar refractivity (Wildman–Crippen MR) is 91.2 cm³/mol. The second-order valence-corrected chi connectivity index (χ2v) is 6.38. The smallest absolute Gasteiger partial charge is 0.0321 e. The molecule has 1 heteroatoms. The average Bonchev–Trinajstić information content (AvgIpc) is 2.47. The van der Waals surface area contributed by atoms with Crippen LogP contribution >= 0.6 is 0 Å². The van der Waals surface area contributed by atoms with Gasteiger partial charge in [-0.3, -0.25) is 0 Å². The van der Waals surface area contributed by atoms with E-state index in [2.05, 4.69) is 6.92 Å². The summed E-state index contributed by atoms with van der Waals surface area (Å²) in [5.41, 5.74) is 8.68. The quantitative estimate of drug-likeness (QED) is 0.264. The minimum atomic E-state index is 0.374. The van der Waals surface area contributed by atoms with E-state index in [1.54, 1.807) is 0 Å². The fraction of sp³-hybridized carbons (Fsp3) is 1.00. The summed E-state index contributed by atoms with van der Waals surface area (Å²) in [5, 5.41) is 0. The van der Waals surface area contributed by atoms with E-state index in [4.69, 9.17) is 5.73 Å². The Labute approximate surface area is 129 Å². The molecule has 0 aliphatic rings. The van der Waals surface area contributed by atoms with Gasteiger partial charge in [0.25, 0.3) is 0 Å². The maximum absolute atomic E-state index is 8.68. The molecule has 0 aliphatic heterocycles. The van der Waals surface area contributed by atoms with E-state index in [9.17, 15) is 0 Å². The molecule has 0 aromatic rings. The topological polar surface area (TPSA) is 22.3 Å². The van der Waals surface area contributed by atoms with Crippen molar-refractivity contribution in [1.82, 2.24) is 5.73 Å². The van der Waals surface area contributed by atoms with Crippen molar-refractivity contribution in [2.24, 2.45) is 0 Å². The first-order valence-electron chi connectivity index (χ1n) is 9.52. The van der Waals surface area contributed by atoms with Crippen molar-refractivity contribution in [2.45, 2.75) is 116 Å². The maximum atomic E-state index is 8.68. The van der Waals surface area contributed by atoms with Crippen LogP contribution < -0.4 is 5.73 Å². The highest BCUT2D eigenvalue weighted by atomic mass is 14.5. The summed E-state index contributed by atoms with van der Waals surface area (Å²) in [7, 11) is 0. The van der Waals surface area contributed by atoms with Crippen LogP contribution in [-0.2, 0) is 0 Å². The van der Waals surface area contributed by atoms with Crippen LogP contribution in [0.3, 0.4) is 0 Å². The van der Waals surface area contributed by atoms with Crippen LogP contribution in [0.5, 0.6) is 0 Å². The Bertz CT molecular complexity index is 138. The Morgan fingerprint density at radius 3 is 0.900 bits per heavy atom. The van der Waals surface area contributed by atoms with Gasteiger partial charge >= 0.3 is 0 Å². The predicted octanol–water partition coefficient (Wildman–Crippen LogP) is 6.71. The molecular formula is C19H39N. The van der Waals surface area contributed by atoms with Gasteiger partial charge < -0.3 is 0 Å². The molecule has 1 nitrogen and oxygen atoms in total. The first kappa shape index (κ1) is 20.0. The van der Waals surface area contributed by atoms with Crippen LogP contribution in [0.15, 0.2) is 0 Å². The van der Waals surface area contributed by atoms with Crippen molar-refractivity contribution in [3.63, 3.8) is 0 Å². The zero-order valence-corrected chi connectivity index (χ0v) is 14.2. The summed E-state index contributed by atoms with van der Waals surface area (Å²) in [6.45, 7) is 2.66. The lowest BCUT2D eigenvalue weighted by atomic mass is 10.0. The van der Waals surface area contributed by atoms with E-state index < -0.39 is 0 Å². The van der Waals surface area contributed by atoms with E-state index in [1.165, 1.54) is 103 Å². The zero-order valence-electron chi connectivity index (χ0n) is 14.2. The molecule has 120 valence electrons. The lowest BCUT2D eigenvalue weighted by molar-refractivity contribution is 0.527. The van der Waals surface area contributed by atoms with E-state index in [0.29, 0.717) is 6.54 Å². The highest BCUT2D eigenvalue weighted by Gasteiger charge is 1.94. The normalized spacial score (nSPS) is 11.1. The van der Waals surface area contributed by atoms with Gasteiger partial charge in [0.2, 0.25) is 0 Å². The van der Waals surface area contributed by atoms with Gasteiger partial charge in [0.1, 0.15) is 0 Å². The van der Waals surface area contributed by atoms with Crippen molar-refractivity contribution in [3.05, 3.63) is 0 Å². The van der Waals surface area contributed by atoms with Gasteiger partial charge in [-0.15, -0.1) is 5.73 Å². The standard InChI is InChI=1S/C19H39N/c1-2-3-4-5-6-7-8-9-10-11-12-13-14-15-16-17-18-19-20/h2-19H2,1H3. The minimum Gasteiger partial charge on any atom is -0.145 e. The largest absolute Gasteiger partial charge is 0.145 e. The molecule has 2 radical (unpaired) electrons. The number of hydrogen-bond donors (Lipinski definition) is 0. The van der Waals surface area contributed by atoms with Crippen molar-refractivity contribution in [3.8, 4) is 0 Å². The molecule has 0 spiro atoms. The van der Waals surface area contributed by atoms with Gasteiger partial charge in [-0.05, 0) is 6.42 Å². The molecule has 0 aliphatic carbocycles. The van der Waals surface area contributed by atoms with E-state index in [1.807, 2.05) is 0 Å².